The van der Waals surface area contributed by atoms with Gasteiger partial charge in [-0.2, -0.15) is 0 Å². The second-order valence-corrected chi connectivity index (χ2v) is 6.45. The van der Waals surface area contributed by atoms with Gasteiger partial charge >= 0.3 is 0 Å². The van der Waals surface area contributed by atoms with E-state index in [1.165, 1.54) is 49.4 Å². The second-order valence-electron chi connectivity index (χ2n) is 6.45. The summed E-state index contributed by atoms with van der Waals surface area (Å²) in [5.41, 5.74) is 6.76. The van der Waals surface area contributed by atoms with E-state index in [9.17, 15) is 0 Å². The van der Waals surface area contributed by atoms with Crippen LogP contribution in [0.3, 0.4) is 0 Å². The van der Waals surface area contributed by atoms with Crippen LogP contribution in [0.4, 0.5) is 0 Å². The number of rotatable bonds is 1. The van der Waals surface area contributed by atoms with E-state index >= 15 is 0 Å². The molecule has 0 heteroatoms. The summed E-state index contributed by atoms with van der Waals surface area (Å²) in [6.07, 6.45) is 0. The third-order valence-electron chi connectivity index (χ3n) is 4.84. The molecule has 126 valence electrons. The predicted octanol–water partition coefficient (Wildman–Crippen LogP) is 7.61. The minimum absolute atomic E-state index is 1.31. The maximum absolute atomic E-state index is 2.33. The smallest absolute Gasteiger partial charge is 0.00671 e. The van der Waals surface area contributed by atoms with E-state index in [2.05, 4.69) is 87.5 Å². The van der Waals surface area contributed by atoms with Gasteiger partial charge in [0, 0.05) is 0 Å². The third kappa shape index (κ3) is 3.05. The Bertz CT molecular complexity index is 1040. The fourth-order valence-electron chi connectivity index (χ4n) is 3.61. The lowest BCUT2D eigenvalue weighted by Crippen LogP contribution is -1.92. The van der Waals surface area contributed by atoms with Gasteiger partial charge in [0.2, 0.25) is 0 Å². The van der Waals surface area contributed by atoms with Crippen LogP contribution in [0.5, 0.6) is 0 Å². The Balaban J connectivity index is 0.000000880. The molecule has 0 spiro atoms. The minimum Gasteiger partial charge on any atom is -0.0683 e. The van der Waals surface area contributed by atoms with Crippen LogP contribution < -0.4 is 0 Å². The molecule has 0 aliphatic heterocycles. The van der Waals surface area contributed by atoms with E-state index in [1.54, 1.807) is 0 Å². The Morgan fingerprint density at radius 3 is 1.84 bits per heavy atom. The van der Waals surface area contributed by atoms with E-state index in [0.717, 1.165) is 0 Å². The molecule has 0 saturated carbocycles. The van der Waals surface area contributed by atoms with E-state index < -0.39 is 0 Å². The van der Waals surface area contributed by atoms with Crippen molar-refractivity contribution in [3.63, 3.8) is 0 Å². The molecule has 4 aromatic carbocycles. The second kappa shape index (κ2) is 7.11. The van der Waals surface area contributed by atoms with E-state index in [-0.39, 0.29) is 0 Å². The van der Waals surface area contributed by atoms with Crippen molar-refractivity contribution in [3.8, 4) is 11.1 Å². The van der Waals surface area contributed by atoms with E-state index in [1.807, 2.05) is 13.8 Å². The molecule has 0 N–H and O–H groups in total. The van der Waals surface area contributed by atoms with Crippen molar-refractivity contribution in [3.05, 3.63) is 83.4 Å². The Kier molecular flexibility index (Phi) is 4.90. The number of hydrogen-bond acceptors (Lipinski definition) is 0. The molecular weight excluding hydrogens is 300 g/mol. The van der Waals surface area contributed by atoms with Gasteiger partial charge in [-0.3, -0.25) is 0 Å². The van der Waals surface area contributed by atoms with Gasteiger partial charge in [0.15, 0.2) is 0 Å². The summed E-state index contributed by atoms with van der Waals surface area (Å²) in [5, 5.41) is 5.30. The molecule has 0 saturated heterocycles. The molecule has 25 heavy (non-hydrogen) atoms. The van der Waals surface area contributed by atoms with Crippen molar-refractivity contribution in [1.29, 1.82) is 0 Å². The number of benzene rings is 4. The van der Waals surface area contributed by atoms with Crippen LogP contribution in [0.25, 0.3) is 32.7 Å². The van der Waals surface area contributed by atoms with Gasteiger partial charge in [-0.05, 0) is 70.1 Å². The molecule has 0 bridgehead atoms. The van der Waals surface area contributed by atoms with E-state index in [0.29, 0.717) is 0 Å². The summed E-state index contributed by atoms with van der Waals surface area (Å²) in [6, 6.07) is 24.3. The highest BCUT2D eigenvalue weighted by Crippen LogP contribution is 2.38. The Morgan fingerprint density at radius 2 is 1.16 bits per heavy atom. The zero-order valence-corrected chi connectivity index (χ0v) is 15.9. The standard InChI is InChI=1S/C23H20.C2H6/c1-15-12-18-8-4-6-10-20(18)22(13-15)23-17(3)16(2)14-19-9-5-7-11-21(19)23;1-2/h4-14H,1-3H3;1-2H3. The highest BCUT2D eigenvalue weighted by Gasteiger charge is 2.13. The molecule has 4 rings (SSSR count). The summed E-state index contributed by atoms with van der Waals surface area (Å²) >= 11 is 0. The first-order chi connectivity index (χ1) is 12.1. The van der Waals surface area contributed by atoms with Gasteiger partial charge in [0.05, 0.1) is 0 Å². The molecular formula is C25H26. The maximum atomic E-state index is 2.33. The predicted molar refractivity (Wildman–Crippen MR) is 112 cm³/mol. The molecule has 0 fully saturated rings. The lowest BCUT2D eigenvalue weighted by molar-refractivity contribution is 1.36. The Hall–Kier alpha value is -2.60. The molecule has 4 aromatic rings. The fraction of sp³-hybridized carbons (Fsp3) is 0.200. The van der Waals surface area contributed by atoms with Gasteiger partial charge in [0.1, 0.15) is 0 Å². The zero-order valence-electron chi connectivity index (χ0n) is 15.9. The van der Waals surface area contributed by atoms with Crippen LogP contribution in [-0.4, -0.2) is 0 Å². The summed E-state index contributed by atoms with van der Waals surface area (Å²) in [6.45, 7) is 10.6. The Labute approximate surface area is 151 Å². The topological polar surface area (TPSA) is 0 Å². The SMILES string of the molecule is CC.Cc1cc(-c2c(C)c(C)cc3ccccc23)c2ccccc2c1. The van der Waals surface area contributed by atoms with Crippen LogP contribution in [0, 0.1) is 20.8 Å². The first-order valence-electron chi connectivity index (χ1n) is 9.14. The molecule has 0 aliphatic rings. The summed E-state index contributed by atoms with van der Waals surface area (Å²) < 4.78 is 0. The highest BCUT2D eigenvalue weighted by atomic mass is 14.2. The monoisotopic (exact) mass is 326 g/mol. The van der Waals surface area contributed by atoms with Crippen molar-refractivity contribution >= 4 is 21.5 Å². The largest absolute Gasteiger partial charge is 0.0683 e. The van der Waals surface area contributed by atoms with Crippen LogP contribution in [0.15, 0.2) is 66.7 Å². The quantitative estimate of drug-likeness (QED) is 0.337. The lowest BCUT2D eigenvalue weighted by Gasteiger charge is -2.16. The molecule has 0 aromatic heterocycles. The summed E-state index contributed by atoms with van der Waals surface area (Å²) in [5.74, 6) is 0. The van der Waals surface area contributed by atoms with E-state index in [4.69, 9.17) is 0 Å². The van der Waals surface area contributed by atoms with Crippen LogP contribution in [-0.2, 0) is 0 Å². The van der Waals surface area contributed by atoms with Crippen molar-refractivity contribution < 1.29 is 0 Å². The molecule has 0 heterocycles. The molecule has 0 nitrogen and oxygen atoms in total. The first-order valence-corrected chi connectivity index (χ1v) is 9.14. The van der Waals surface area contributed by atoms with Crippen molar-refractivity contribution in [2.24, 2.45) is 0 Å². The molecule has 0 radical (unpaired) electrons. The summed E-state index contributed by atoms with van der Waals surface area (Å²) in [4.78, 5) is 0. The Morgan fingerprint density at radius 1 is 0.600 bits per heavy atom. The number of aryl methyl sites for hydroxylation is 2. The van der Waals surface area contributed by atoms with Crippen molar-refractivity contribution in [2.45, 2.75) is 34.6 Å². The first kappa shape index (κ1) is 17.2. The van der Waals surface area contributed by atoms with Gasteiger partial charge in [-0.15, -0.1) is 0 Å². The zero-order chi connectivity index (χ0) is 18.0. The number of fused-ring (bicyclic) bond motifs is 2. The van der Waals surface area contributed by atoms with Crippen LogP contribution in [0.2, 0.25) is 0 Å². The fourth-order valence-corrected chi connectivity index (χ4v) is 3.61. The average molecular weight is 326 g/mol. The van der Waals surface area contributed by atoms with Gasteiger partial charge in [-0.1, -0.05) is 80.6 Å². The minimum atomic E-state index is 1.31. The molecule has 0 aliphatic carbocycles. The number of hydrogen-bond donors (Lipinski definition) is 0. The molecule has 0 amide bonds. The molecule has 0 unspecified atom stereocenters. The average Bonchev–Trinajstić information content (AvgIpc) is 2.64. The van der Waals surface area contributed by atoms with Crippen molar-refractivity contribution in [2.75, 3.05) is 0 Å². The molecule has 0 atom stereocenters. The van der Waals surface area contributed by atoms with Crippen LogP contribution in [0.1, 0.15) is 30.5 Å². The maximum Gasteiger partial charge on any atom is -0.00671 e. The summed E-state index contributed by atoms with van der Waals surface area (Å²) in [7, 11) is 0. The lowest BCUT2D eigenvalue weighted by atomic mass is 9.87. The highest BCUT2D eigenvalue weighted by molar-refractivity contribution is 6.07. The van der Waals surface area contributed by atoms with Crippen molar-refractivity contribution in [1.82, 2.24) is 0 Å². The van der Waals surface area contributed by atoms with Crippen LogP contribution >= 0.6 is 0 Å². The third-order valence-corrected chi connectivity index (χ3v) is 4.84. The van der Waals surface area contributed by atoms with Gasteiger partial charge in [0.25, 0.3) is 0 Å². The van der Waals surface area contributed by atoms with Gasteiger partial charge in [-0.25, -0.2) is 0 Å². The van der Waals surface area contributed by atoms with Gasteiger partial charge < -0.3 is 0 Å². The normalized spacial score (nSPS) is 10.6.